The molecule has 0 radical (unpaired) electrons. The third-order valence-electron chi connectivity index (χ3n) is 1.02. The molecule has 0 spiro atoms. The first-order valence-electron chi connectivity index (χ1n) is 3.00. The van der Waals surface area contributed by atoms with Crippen LogP contribution in [-0.2, 0) is 6.54 Å². The summed E-state index contributed by atoms with van der Waals surface area (Å²) in [5, 5.41) is 7.40. The second kappa shape index (κ2) is 2.66. The summed E-state index contributed by atoms with van der Waals surface area (Å²) in [6.07, 6.45) is 0. The van der Waals surface area contributed by atoms with E-state index in [9.17, 15) is 0 Å². The fraction of sp³-hybridized carbons (Fsp3) is 0.600. The average molecular weight is 141 g/mol. The molecule has 0 bridgehead atoms. The lowest BCUT2D eigenvalue weighted by molar-refractivity contribution is 0.391. The lowest BCUT2D eigenvalue weighted by Gasteiger charge is -2.04. The van der Waals surface area contributed by atoms with Crippen molar-refractivity contribution in [2.45, 2.75) is 6.54 Å². The Morgan fingerprint density at radius 3 is 2.60 bits per heavy atom. The molecular formula is C5H11N5. The predicted octanol–water partition coefficient (Wildman–Crippen LogP) is -0.552. The molecule has 0 aliphatic carbocycles. The van der Waals surface area contributed by atoms with E-state index in [1.807, 2.05) is 19.0 Å². The van der Waals surface area contributed by atoms with Gasteiger partial charge in [-0.25, -0.2) is 0 Å². The highest BCUT2D eigenvalue weighted by atomic mass is 15.3. The number of hydrogen-bond donors (Lipinski definition) is 2. The van der Waals surface area contributed by atoms with E-state index in [-0.39, 0.29) is 0 Å². The van der Waals surface area contributed by atoms with Gasteiger partial charge in [-0.3, -0.25) is 0 Å². The molecule has 1 rings (SSSR count). The molecule has 0 aliphatic rings. The van der Waals surface area contributed by atoms with Crippen LogP contribution in [0.15, 0.2) is 0 Å². The molecule has 10 heavy (non-hydrogen) atoms. The summed E-state index contributed by atoms with van der Waals surface area (Å²) in [6.45, 7) is 0.740. The molecule has 1 aromatic rings. The molecule has 0 atom stereocenters. The van der Waals surface area contributed by atoms with Crippen molar-refractivity contribution >= 4 is 5.95 Å². The minimum Gasteiger partial charge on any atom is -0.368 e. The van der Waals surface area contributed by atoms with Crippen LogP contribution in [0.1, 0.15) is 5.82 Å². The van der Waals surface area contributed by atoms with Gasteiger partial charge in [0.15, 0.2) is 0 Å². The molecule has 1 aromatic heterocycles. The largest absolute Gasteiger partial charge is 0.368 e. The molecule has 1 heterocycles. The lowest BCUT2D eigenvalue weighted by atomic mass is 10.6. The van der Waals surface area contributed by atoms with Crippen molar-refractivity contribution in [1.29, 1.82) is 0 Å². The number of H-pyrrole nitrogens is 1. The van der Waals surface area contributed by atoms with Crippen molar-refractivity contribution in [3.8, 4) is 0 Å². The van der Waals surface area contributed by atoms with Gasteiger partial charge >= 0.3 is 0 Å². The van der Waals surface area contributed by atoms with Gasteiger partial charge in [0.05, 0.1) is 6.54 Å². The first-order valence-corrected chi connectivity index (χ1v) is 3.00. The van der Waals surface area contributed by atoms with Crippen LogP contribution in [0.5, 0.6) is 0 Å². The normalized spacial score (nSPS) is 10.7. The first-order chi connectivity index (χ1) is 4.68. The first kappa shape index (κ1) is 7.01. The molecule has 0 fully saturated rings. The van der Waals surface area contributed by atoms with E-state index in [2.05, 4.69) is 15.2 Å². The number of hydrogen-bond acceptors (Lipinski definition) is 4. The maximum absolute atomic E-state index is 5.31. The van der Waals surface area contributed by atoms with Gasteiger partial charge in [-0.1, -0.05) is 0 Å². The van der Waals surface area contributed by atoms with E-state index in [4.69, 9.17) is 5.73 Å². The van der Waals surface area contributed by atoms with Crippen LogP contribution in [0.4, 0.5) is 5.95 Å². The van der Waals surface area contributed by atoms with Crippen LogP contribution in [0.25, 0.3) is 0 Å². The number of nitrogens with one attached hydrogen (secondary N) is 1. The van der Waals surface area contributed by atoms with Gasteiger partial charge in [-0.15, -0.1) is 10.2 Å². The van der Waals surface area contributed by atoms with E-state index >= 15 is 0 Å². The van der Waals surface area contributed by atoms with Crippen molar-refractivity contribution in [1.82, 2.24) is 20.1 Å². The maximum Gasteiger partial charge on any atom is 0.219 e. The number of nitrogens with two attached hydrogens (primary N) is 1. The highest BCUT2D eigenvalue weighted by Crippen LogP contribution is 1.94. The third-order valence-corrected chi connectivity index (χ3v) is 1.02. The molecule has 0 saturated carbocycles. The minimum absolute atomic E-state index is 0.372. The van der Waals surface area contributed by atoms with Crippen LogP contribution in [0.2, 0.25) is 0 Å². The Balaban J connectivity index is 2.58. The van der Waals surface area contributed by atoms with Crippen LogP contribution in [0, 0.1) is 0 Å². The van der Waals surface area contributed by atoms with Gasteiger partial charge in [-0.05, 0) is 14.1 Å². The Labute approximate surface area is 59.2 Å². The Hall–Kier alpha value is -1.10. The van der Waals surface area contributed by atoms with Crippen molar-refractivity contribution < 1.29 is 0 Å². The van der Waals surface area contributed by atoms with Gasteiger partial charge in [0, 0.05) is 0 Å². The standard InChI is InChI=1S/C5H11N5/c1-10(2)3-4-7-5(6)9-8-4/h3H2,1-2H3,(H3,6,7,8,9). The van der Waals surface area contributed by atoms with Crippen molar-refractivity contribution in [3.63, 3.8) is 0 Å². The van der Waals surface area contributed by atoms with E-state index in [0.717, 1.165) is 12.4 Å². The van der Waals surface area contributed by atoms with Crippen molar-refractivity contribution in [2.24, 2.45) is 0 Å². The molecule has 0 amide bonds. The second-order valence-electron chi connectivity index (χ2n) is 2.39. The van der Waals surface area contributed by atoms with Gasteiger partial charge in [0.25, 0.3) is 0 Å². The van der Waals surface area contributed by atoms with Crippen LogP contribution < -0.4 is 5.73 Å². The highest BCUT2D eigenvalue weighted by molar-refractivity contribution is 5.12. The lowest BCUT2D eigenvalue weighted by Crippen LogP contribution is -2.11. The zero-order chi connectivity index (χ0) is 7.56. The quantitative estimate of drug-likeness (QED) is 0.579. The summed E-state index contributed by atoms with van der Waals surface area (Å²) < 4.78 is 0. The van der Waals surface area contributed by atoms with Gasteiger partial charge in [-0.2, -0.15) is 0 Å². The summed E-state index contributed by atoms with van der Waals surface area (Å²) >= 11 is 0. The summed E-state index contributed by atoms with van der Waals surface area (Å²) in [5.74, 6) is 1.17. The number of aromatic nitrogens is 3. The van der Waals surface area contributed by atoms with Crippen LogP contribution in [-0.4, -0.2) is 34.2 Å². The van der Waals surface area contributed by atoms with E-state index < -0.39 is 0 Å². The monoisotopic (exact) mass is 141 g/mol. The molecule has 0 unspecified atom stereocenters. The number of anilines is 1. The fourth-order valence-electron chi connectivity index (χ4n) is 0.683. The van der Waals surface area contributed by atoms with E-state index in [1.165, 1.54) is 0 Å². The molecule has 56 valence electrons. The molecule has 5 heteroatoms. The molecule has 5 nitrogen and oxygen atoms in total. The van der Waals surface area contributed by atoms with Crippen LogP contribution in [0.3, 0.4) is 0 Å². The minimum atomic E-state index is 0.372. The topological polar surface area (TPSA) is 70.8 Å². The summed E-state index contributed by atoms with van der Waals surface area (Å²) in [4.78, 5) is 4.81. The Morgan fingerprint density at radius 2 is 2.20 bits per heavy atom. The summed E-state index contributed by atoms with van der Waals surface area (Å²) in [5.41, 5.74) is 5.31. The average Bonchev–Trinajstić information content (AvgIpc) is 2.13. The Morgan fingerprint density at radius 1 is 1.50 bits per heavy atom. The molecule has 0 saturated heterocycles. The predicted molar refractivity (Wildman–Crippen MR) is 38.2 cm³/mol. The van der Waals surface area contributed by atoms with Crippen LogP contribution >= 0.6 is 0 Å². The zero-order valence-corrected chi connectivity index (χ0v) is 6.13. The number of aromatic amines is 1. The zero-order valence-electron chi connectivity index (χ0n) is 6.13. The molecular weight excluding hydrogens is 130 g/mol. The number of rotatable bonds is 2. The van der Waals surface area contributed by atoms with E-state index in [0.29, 0.717) is 5.95 Å². The Bertz CT molecular complexity index is 204. The van der Waals surface area contributed by atoms with Crippen molar-refractivity contribution in [2.75, 3.05) is 19.8 Å². The number of nitrogens with zero attached hydrogens (tertiary/aromatic N) is 3. The smallest absolute Gasteiger partial charge is 0.219 e. The summed E-state index contributed by atoms with van der Waals surface area (Å²) in [7, 11) is 3.91. The van der Waals surface area contributed by atoms with Crippen molar-refractivity contribution in [3.05, 3.63) is 5.82 Å². The Kier molecular flexibility index (Phi) is 1.86. The van der Waals surface area contributed by atoms with Gasteiger partial charge in [0.1, 0.15) is 5.82 Å². The molecule has 0 aromatic carbocycles. The highest BCUT2D eigenvalue weighted by Gasteiger charge is 1.98. The third kappa shape index (κ3) is 1.70. The number of nitrogen functional groups attached to an aromatic ring is 1. The fourth-order valence-corrected chi connectivity index (χ4v) is 0.683. The van der Waals surface area contributed by atoms with E-state index in [1.54, 1.807) is 0 Å². The van der Waals surface area contributed by atoms with Gasteiger partial charge in [0.2, 0.25) is 5.95 Å². The van der Waals surface area contributed by atoms with Gasteiger partial charge < -0.3 is 15.6 Å². The maximum atomic E-state index is 5.31. The SMILES string of the molecule is CN(C)Cc1nnc(N)[nH]1. The molecule has 3 N–H and O–H groups in total. The second-order valence-corrected chi connectivity index (χ2v) is 2.39. The molecule has 0 aliphatic heterocycles. The summed E-state index contributed by atoms with van der Waals surface area (Å²) in [6, 6.07) is 0.